The summed E-state index contributed by atoms with van der Waals surface area (Å²) in [5, 5.41) is 3.70. The van der Waals surface area contributed by atoms with Crippen LogP contribution in [0.25, 0.3) is 5.69 Å². The molecule has 1 heterocycles. The van der Waals surface area contributed by atoms with Gasteiger partial charge in [-0.05, 0) is 18.2 Å². The number of nitrogens with two attached hydrogens (primary N) is 1. The SMILES string of the molecule is NC(=O)c1ccnn1-c1ccccc1C(F)(F)F. The van der Waals surface area contributed by atoms with Gasteiger partial charge in [-0.3, -0.25) is 4.79 Å². The van der Waals surface area contributed by atoms with E-state index in [4.69, 9.17) is 5.73 Å². The molecule has 0 spiro atoms. The number of nitrogens with zero attached hydrogens (tertiary/aromatic N) is 2. The summed E-state index contributed by atoms with van der Waals surface area (Å²) in [5.74, 6) is -0.843. The summed E-state index contributed by atoms with van der Waals surface area (Å²) >= 11 is 0. The Labute approximate surface area is 99.8 Å². The number of rotatable bonds is 2. The monoisotopic (exact) mass is 255 g/mol. The van der Waals surface area contributed by atoms with Crippen LogP contribution >= 0.6 is 0 Å². The average molecular weight is 255 g/mol. The third kappa shape index (κ3) is 2.06. The van der Waals surface area contributed by atoms with E-state index in [1.165, 1.54) is 30.5 Å². The van der Waals surface area contributed by atoms with Crippen molar-refractivity contribution < 1.29 is 18.0 Å². The van der Waals surface area contributed by atoms with E-state index in [1.807, 2.05) is 0 Å². The Balaban J connectivity index is 2.65. The van der Waals surface area contributed by atoms with Crippen molar-refractivity contribution in [3.63, 3.8) is 0 Å². The zero-order valence-corrected chi connectivity index (χ0v) is 8.98. The highest BCUT2D eigenvalue weighted by molar-refractivity contribution is 5.91. The van der Waals surface area contributed by atoms with Gasteiger partial charge in [0.05, 0.1) is 17.4 Å². The molecule has 2 rings (SSSR count). The van der Waals surface area contributed by atoms with Gasteiger partial charge in [0.1, 0.15) is 5.69 Å². The zero-order chi connectivity index (χ0) is 13.3. The van der Waals surface area contributed by atoms with Gasteiger partial charge in [0, 0.05) is 0 Å². The minimum absolute atomic E-state index is 0.105. The molecule has 0 aliphatic carbocycles. The van der Waals surface area contributed by atoms with Crippen molar-refractivity contribution in [3.05, 3.63) is 47.8 Å². The number of carbonyl (C=O) groups excluding carboxylic acids is 1. The summed E-state index contributed by atoms with van der Waals surface area (Å²) in [6.45, 7) is 0. The van der Waals surface area contributed by atoms with Crippen molar-refractivity contribution in [2.24, 2.45) is 5.73 Å². The highest BCUT2D eigenvalue weighted by Crippen LogP contribution is 2.33. The molecule has 18 heavy (non-hydrogen) atoms. The van der Waals surface area contributed by atoms with Crippen LogP contribution in [0.1, 0.15) is 16.1 Å². The number of carbonyl (C=O) groups is 1. The summed E-state index contributed by atoms with van der Waals surface area (Å²) in [6, 6.07) is 6.09. The summed E-state index contributed by atoms with van der Waals surface area (Å²) in [6.07, 6.45) is -3.31. The standard InChI is InChI=1S/C11H8F3N3O/c12-11(13,14)7-3-1-2-4-8(7)17-9(10(15)18)5-6-16-17/h1-6H,(H2,15,18). The number of benzene rings is 1. The van der Waals surface area contributed by atoms with Crippen molar-refractivity contribution in [1.29, 1.82) is 0 Å². The van der Waals surface area contributed by atoms with E-state index in [0.717, 1.165) is 10.7 Å². The highest BCUT2D eigenvalue weighted by Gasteiger charge is 2.34. The van der Waals surface area contributed by atoms with E-state index in [2.05, 4.69) is 5.10 Å². The number of primary amides is 1. The maximum absolute atomic E-state index is 12.8. The van der Waals surface area contributed by atoms with Crippen LogP contribution in [-0.4, -0.2) is 15.7 Å². The first kappa shape index (κ1) is 12.2. The first-order chi connectivity index (χ1) is 8.41. The highest BCUT2D eigenvalue weighted by atomic mass is 19.4. The molecule has 1 amide bonds. The Morgan fingerprint density at radius 1 is 1.22 bits per heavy atom. The smallest absolute Gasteiger partial charge is 0.364 e. The van der Waals surface area contributed by atoms with Crippen LogP contribution in [0.15, 0.2) is 36.5 Å². The van der Waals surface area contributed by atoms with Gasteiger partial charge in [0.2, 0.25) is 0 Å². The topological polar surface area (TPSA) is 60.9 Å². The lowest BCUT2D eigenvalue weighted by atomic mass is 10.1. The number of halogens is 3. The molecule has 94 valence electrons. The molecule has 2 N–H and O–H groups in total. The fourth-order valence-corrected chi connectivity index (χ4v) is 1.58. The minimum Gasteiger partial charge on any atom is -0.364 e. The van der Waals surface area contributed by atoms with Crippen LogP contribution in [-0.2, 0) is 6.18 Å². The lowest BCUT2D eigenvalue weighted by Crippen LogP contribution is -2.19. The third-order valence-corrected chi connectivity index (χ3v) is 2.33. The molecule has 0 atom stereocenters. The van der Waals surface area contributed by atoms with E-state index >= 15 is 0 Å². The normalized spacial score (nSPS) is 11.5. The molecule has 0 aliphatic heterocycles. The van der Waals surface area contributed by atoms with Crippen molar-refractivity contribution in [3.8, 4) is 5.69 Å². The second-order valence-electron chi connectivity index (χ2n) is 3.51. The molecule has 1 aromatic carbocycles. The first-order valence-electron chi connectivity index (χ1n) is 4.91. The average Bonchev–Trinajstić information content (AvgIpc) is 2.76. The molecular weight excluding hydrogens is 247 g/mol. The van der Waals surface area contributed by atoms with Gasteiger partial charge in [-0.2, -0.15) is 18.3 Å². The minimum atomic E-state index is -4.53. The lowest BCUT2D eigenvalue weighted by Gasteiger charge is -2.13. The fraction of sp³-hybridized carbons (Fsp3) is 0.0909. The fourth-order valence-electron chi connectivity index (χ4n) is 1.58. The predicted octanol–water partition coefficient (Wildman–Crippen LogP) is 1.99. The Bertz CT molecular complexity index is 589. The molecule has 0 saturated carbocycles. The predicted molar refractivity (Wildman–Crippen MR) is 57.1 cm³/mol. The van der Waals surface area contributed by atoms with Crippen LogP contribution in [0.5, 0.6) is 0 Å². The van der Waals surface area contributed by atoms with Gasteiger partial charge in [-0.15, -0.1) is 0 Å². The molecule has 4 nitrogen and oxygen atoms in total. The Kier molecular flexibility index (Phi) is 2.82. The van der Waals surface area contributed by atoms with Gasteiger partial charge in [0.15, 0.2) is 0 Å². The lowest BCUT2D eigenvalue weighted by molar-refractivity contribution is -0.137. The molecule has 0 unspecified atom stereocenters. The summed E-state index contributed by atoms with van der Waals surface area (Å²) in [4.78, 5) is 11.1. The Morgan fingerprint density at radius 2 is 1.89 bits per heavy atom. The number of hydrogen-bond acceptors (Lipinski definition) is 2. The van der Waals surface area contributed by atoms with Crippen molar-refractivity contribution in [2.75, 3.05) is 0 Å². The quantitative estimate of drug-likeness (QED) is 0.892. The Morgan fingerprint density at radius 3 is 2.50 bits per heavy atom. The molecule has 0 saturated heterocycles. The van der Waals surface area contributed by atoms with Crippen molar-refractivity contribution >= 4 is 5.91 Å². The van der Waals surface area contributed by atoms with E-state index in [0.29, 0.717) is 0 Å². The van der Waals surface area contributed by atoms with Gasteiger partial charge in [-0.25, -0.2) is 4.68 Å². The molecule has 0 aliphatic rings. The molecule has 0 bridgehead atoms. The van der Waals surface area contributed by atoms with Gasteiger partial charge < -0.3 is 5.73 Å². The summed E-state index contributed by atoms with van der Waals surface area (Å²) in [5.41, 5.74) is 3.86. The van der Waals surface area contributed by atoms with E-state index < -0.39 is 17.6 Å². The van der Waals surface area contributed by atoms with Gasteiger partial charge >= 0.3 is 6.18 Å². The molecule has 2 aromatic rings. The van der Waals surface area contributed by atoms with Crippen molar-refractivity contribution in [2.45, 2.75) is 6.18 Å². The van der Waals surface area contributed by atoms with E-state index in [1.54, 1.807) is 0 Å². The van der Waals surface area contributed by atoms with Crippen LogP contribution in [0.2, 0.25) is 0 Å². The maximum Gasteiger partial charge on any atom is 0.418 e. The molecular formula is C11H8F3N3O. The van der Waals surface area contributed by atoms with Gasteiger partial charge in [-0.1, -0.05) is 12.1 Å². The zero-order valence-electron chi connectivity index (χ0n) is 8.98. The number of alkyl halides is 3. The van der Waals surface area contributed by atoms with Gasteiger partial charge in [0.25, 0.3) is 5.91 Å². The molecule has 0 fully saturated rings. The Hall–Kier alpha value is -2.31. The molecule has 7 heteroatoms. The van der Waals surface area contributed by atoms with Crippen LogP contribution in [0, 0.1) is 0 Å². The van der Waals surface area contributed by atoms with E-state index in [9.17, 15) is 18.0 Å². The third-order valence-electron chi connectivity index (χ3n) is 2.33. The molecule has 1 aromatic heterocycles. The summed E-state index contributed by atoms with van der Waals surface area (Å²) in [7, 11) is 0. The second kappa shape index (κ2) is 4.17. The van der Waals surface area contributed by atoms with Crippen molar-refractivity contribution in [1.82, 2.24) is 9.78 Å². The second-order valence-corrected chi connectivity index (χ2v) is 3.51. The molecule has 0 radical (unpaired) electrons. The van der Waals surface area contributed by atoms with Crippen LogP contribution in [0.4, 0.5) is 13.2 Å². The van der Waals surface area contributed by atoms with Crippen LogP contribution in [0.3, 0.4) is 0 Å². The number of amides is 1. The first-order valence-corrected chi connectivity index (χ1v) is 4.91. The van der Waals surface area contributed by atoms with E-state index in [-0.39, 0.29) is 11.4 Å². The maximum atomic E-state index is 12.8. The summed E-state index contributed by atoms with van der Waals surface area (Å²) < 4.78 is 39.3. The number of aromatic nitrogens is 2. The largest absolute Gasteiger partial charge is 0.418 e. The van der Waals surface area contributed by atoms with Crippen LogP contribution < -0.4 is 5.73 Å². The number of para-hydroxylation sites is 1. The number of hydrogen-bond donors (Lipinski definition) is 1.